The van der Waals surface area contributed by atoms with Crippen LogP contribution in [-0.2, 0) is 18.3 Å². The van der Waals surface area contributed by atoms with Crippen LogP contribution in [0, 0.1) is 0 Å². The number of hydrogen-bond acceptors (Lipinski definition) is 2. The molecule has 0 heterocycles. The molecule has 3 N–H and O–H groups in total. The molecule has 0 radical (unpaired) electrons. The summed E-state index contributed by atoms with van der Waals surface area (Å²) in [5.74, 6) is 0.562. The van der Waals surface area contributed by atoms with Crippen molar-refractivity contribution in [1.29, 1.82) is 0 Å². The molecule has 3 rings (SSSR count). The van der Waals surface area contributed by atoms with E-state index in [2.05, 4.69) is 12.1 Å². The molecule has 17 heavy (non-hydrogen) atoms. The first-order valence-electron chi connectivity index (χ1n) is 6.81. The summed E-state index contributed by atoms with van der Waals surface area (Å²) in [6.07, 6.45) is 8.10. The maximum absolute atomic E-state index is 10.5. The highest BCUT2D eigenvalue weighted by atomic mass is 16.3. The number of phenolic OH excluding ortho intramolecular Hbond substituents is 1. The van der Waals surface area contributed by atoms with Crippen LogP contribution in [0.4, 0.5) is 0 Å². The van der Waals surface area contributed by atoms with Crippen molar-refractivity contribution in [3.8, 4) is 5.75 Å². The van der Waals surface area contributed by atoms with Crippen molar-refractivity contribution in [2.45, 2.75) is 50.4 Å². The van der Waals surface area contributed by atoms with Gasteiger partial charge in [0, 0.05) is 17.5 Å². The number of hydrogen-bond donors (Lipinski definition) is 2. The second kappa shape index (κ2) is 4.02. The van der Waals surface area contributed by atoms with E-state index in [4.69, 9.17) is 5.73 Å². The molecule has 0 bridgehead atoms. The maximum Gasteiger partial charge on any atom is 0.122 e. The van der Waals surface area contributed by atoms with Gasteiger partial charge in [-0.3, -0.25) is 0 Å². The first-order valence-corrected chi connectivity index (χ1v) is 6.81. The highest BCUT2D eigenvalue weighted by Crippen LogP contribution is 2.46. The van der Waals surface area contributed by atoms with Gasteiger partial charge in [-0.2, -0.15) is 0 Å². The summed E-state index contributed by atoms with van der Waals surface area (Å²) < 4.78 is 0. The van der Waals surface area contributed by atoms with Crippen molar-refractivity contribution in [3.63, 3.8) is 0 Å². The van der Waals surface area contributed by atoms with Crippen LogP contribution in [0.15, 0.2) is 12.1 Å². The van der Waals surface area contributed by atoms with E-state index in [1.54, 1.807) is 0 Å². The van der Waals surface area contributed by atoms with E-state index < -0.39 is 0 Å². The summed E-state index contributed by atoms with van der Waals surface area (Å²) in [6.45, 7) is 0.666. The second-order valence-electron chi connectivity index (χ2n) is 5.64. The van der Waals surface area contributed by atoms with Gasteiger partial charge >= 0.3 is 0 Å². The zero-order valence-corrected chi connectivity index (χ0v) is 10.3. The molecule has 1 aromatic carbocycles. The van der Waals surface area contributed by atoms with Gasteiger partial charge in [-0.05, 0) is 43.2 Å². The molecule has 0 atom stereocenters. The second-order valence-corrected chi connectivity index (χ2v) is 5.64. The van der Waals surface area contributed by atoms with Gasteiger partial charge in [0.1, 0.15) is 5.75 Å². The molecule has 2 aliphatic carbocycles. The van der Waals surface area contributed by atoms with Crippen molar-refractivity contribution in [2.24, 2.45) is 5.73 Å². The Kier molecular flexibility index (Phi) is 2.62. The summed E-state index contributed by atoms with van der Waals surface area (Å²) >= 11 is 0. The van der Waals surface area contributed by atoms with Gasteiger partial charge in [0.15, 0.2) is 0 Å². The number of phenols is 1. The van der Waals surface area contributed by atoms with Gasteiger partial charge in [0.2, 0.25) is 0 Å². The van der Waals surface area contributed by atoms with Gasteiger partial charge in [-0.25, -0.2) is 0 Å². The van der Waals surface area contributed by atoms with Gasteiger partial charge < -0.3 is 10.8 Å². The third-order valence-electron chi connectivity index (χ3n) is 4.78. The highest BCUT2D eigenvalue weighted by molar-refractivity contribution is 5.51. The molecule has 2 nitrogen and oxygen atoms in total. The number of benzene rings is 1. The van der Waals surface area contributed by atoms with Gasteiger partial charge in [-0.15, -0.1) is 0 Å². The molecule has 1 aromatic rings. The van der Waals surface area contributed by atoms with E-state index in [0.29, 0.717) is 12.3 Å². The van der Waals surface area contributed by atoms with E-state index in [9.17, 15) is 5.11 Å². The standard InChI is InChI=1S/C15H21NO/c16-10-15(8-1-2-9-15)13-7-6-11-4-3-5-12(11)14(13)17/h6-7,17H,1-5,8-10,16H2. The third kappa shape index (κ3) is 1.58. The number of aromatic hydroxyl groups is 1. The largest absolute Gasteiger partial charge is 0.507 e. The third-order valence-corrected chi connectivity index (χ3v) is 4.78. The summed E-state index contributed by atoms with van der Waals surface area (Å²) in [5.41, 5.74) is 9.72. The average Bonchev–Trinajstić information content (AvgIpc) is 2.98. The van der Waals surface area contributed by atoms with E-state index >= 15 is 0 Å². The fourth-order valence-corrected chi connectivity index (χ4v) is 3.71. The fraction of sp³-hybridized carbons (Fsp3) is 0.600. The van der Waals surface area contributed by atoms with Gasteiger partial charge in [-0.1, -0.05) is 25.0 Å². The Morgan fingerprint density at radius 1 is 1.12 bits per heavy atom. The van der Waals surface area contributed by atoms with Crippen molar-refractivity contribution < 1.29 is 5.11 Å². The number of aryl methyl sites for hydroxylation is 1. The minimum Gasteiger partial charge on any atom is -0.507 e. The lowest BCUT2D eigenvalue weighted by atomic mass is 9.77. The molecule has 0 amide bonds. The Morgan fingerprint density at radius 3 is 2.59 bits per heavy atom. The fourth-order valence-electron chi connectivity index (χ4n) is 3.71. The lowest BCUT2D eigenvalue weighted by molar-refractivity contribution is 0.402. The Labute approximate surface area is 103 Å². The van der Waals surface area contributed by atoms with Crippen LogP contribution in [-0.4, -0.2) is 11.7 Å². The first kappa shape index (κ1) is 11.1. The molecule has 1 fully saturated rings. The SMILES string of the molecule is NCC1(c2ccc3c(c2O)CCC3)CCCC1. The minimum atomic E-state index is 0.0572. The lowest BCUT2D eigenvalue weighted by Crippen LogP contribution is -2.32. The molecular weight excluding hydrogens is 210 g/mol. The van der Waals surface area contributed by atoms with Gasteiger partial charge in [0.05, 0.1) is 0 Å². The van der Waals surface area contributed by atoms with E-state index in [1.165, 1.54) is 30.4 Å². The van der Waals surface area contributed by atoms with Crippen LogP contribution in [0.25, 0.3) is 0 Å². The lowest BCUT2D eigenvalue weighted by Gasteiger charge is -2.29. The molecule has 2 heteroatoms. The predicted octanol–water partition coefficient (Wildman–Crippen LogP) is 2.65. The molecule has 0 saturated heterocycles. The molecule has 92 valence electrons. The molecular formula is C15H21NO. The molecule has 0 aliphatic heterocycles. The van der Waals surface area contributed by atoms with Gasteiger partial charge in [0.25, 0.3) is 0 Å². The summed E-state index contributed by atoms with van der Waals surface area (Å²) in [7, 11) is 0. The quantitative estimate of drug-likeness (QED) is 0.822. The molecule has 2 aliphatic rings. The Morgan fingerprint density at radius 2 is 1.88 bits per heavy atom. The zero-order valence-electron chi connectivity index (χ0n) is 10.3. The van der Waals surface area contributed by atoms with Crippen molar-refractivity contribution in [2.75, 3.05) is 6.54 Å². The van der Waals surface area contributed by atoms with Crippen LogP contribution in [0.3, 0.4) is 0 Å². The van der Waals surface area contributed by atoms with E-state index in [0.717, 1.165) is 31.2 Å². The summed E-state index contributed by atoms with van der Waals surface area (Å²) in [6, 6.07) is 4.35. The topological polar surface area (TPSA) is 46.2 Å². The minimum absolute atomic E-state index is 0.0572. The normalized spacial score (nSPS) is 21.7. The number of fused-ring (bicyclic) bond motifs is 1. The molecule has 0 aromatic heterocycles. The smallest absolute Gasteiger partial charge is 0.122 e. The Hall–Kier alpha value is -1.02. The van der Waals surface area contributed by atoms with Crippen LogP contribution < -0.4 is 5.73 Å². The summed E-state index contributed by atoms with van der Waals surface area (Å²) in [5, 5.41) is 10.5. The predicted molar refractivity (Wildman–Crippen MR) is 69.3 cm³/mol. The van der Waals surface area contributed by atoms with Crippen LogP contribution in [0.1, 0.15) is 48.8 Å². The highest BCUT2D eigenvalue weighted by Gasteiger charge is 2.37. The van der Waals surface area contributed by atoms with Crippen LogP contribution >= 0.6 is 0 Å². The first-order chi connectivity index (χ1) is 8.27. The van der Waals surface area contributed by atoms with E-state index in [-0.39, 0.29) is 5.41 Å². The monoisotopic (exact) mass is 231 g/mol. The number of rotatable bonds is 2. The maximum atomic E-state index is 10.5. The van der Waals surface area contributed by atoms with Crippen LogP contribution in [0.5, 0.6) is 5.75 Å². The zero-order chi connectivity index (χ0) is 11.9. The van der Waals surface area contributed by atoms with Crippen molar-refractivity contribution in [1.82, 2.24) is 0 Å². The van der Waals surface area contributed by atoms with E-state index in [1.807, 2.05) is 0 Å². The Bertz CT molecular complexity index is 433. The number of nitrogens with two attached hydrogens (primary N) is 1. The average molecular weight is 231 g/mol. The Balaban J connectivity index is 2.09. The molecule has 0 unspecified atom stereocenters. The van der Waals surface area contributed by atoms with Crippen LogP contribution in [0.2, 0.25) is 0 Å². The summed E-state index contributed by atoms with van der Waals surface area (Å²) in [4.78, 5) is 0. The van der Waals surface area contributed by atoms with Crippen molar-refractivity contribution >= 4 is 0 Å². The molecule has 1 saturated carbocycles. The molecule has 0 spiro atoms. The van der Waals surface area contributed by atoms with Crippen molar-refractivity contribution in [3.05, 3.63) is 28.8 Å².